The minimum absolute atomic E-state index is 0.0704. The predicted molar refractivity (Wildman–Crippen MR) is 88.8 cm³/mol. The fourth-order valence-corrected chi connectivity index (χ4v) is 3.84. The minimum Gasteiger partial charge on any atom is -0.396 e. The highest BCUT2D eigenvalue weighted by molar-refractivity contribution is 5.74. The summed E-state index contributed by atoms with van der Waals surface area (Å²) in [5.74, 6) is 1.03. The highest BCUT2D eigenvalue weighted by Crippen LogP contribution is 2.26. The van der Waals surface area contributed by atoms with Gasteiger partial charge in [-0.05, 0) is 63.5 Å². The molecule has 1 aliphatic heterocycles. The SMILES string of the molecule is CCN1CCCC(CNC(=O)N(C)C2CCC(CO)CC2)C1. The van der Waals surface area contributed by atoms with Gasteiger partial charge in [0.2, 0.25) is 0 Å². The lowest BCUT2D eigenvalue weighted by Gasteiger charge is -2.35. The molecule has 0 spiro atoms. The van der Waals surface area contributed by atoms with Gasteiger partial charge >= 0.3 is 6.03 Å². The van der Waals surface area contributed by atoms with E-state index in [-0.39, 0.29) is 12.6 Å². The maximum atomic E-state index is 12.3. The van der Waals surface area contributed by atoms with Gasteiger partial charge in [-0.1, -0.05) is 6.92 Å². The van der Waals surface area contributed by atoms with Gasteiger partial charge in [0.1, 0.15) is 0 Å². The van der Waals surface area contributed by atoms with E-state index in [4.69, 9.17) is 0 Å². The molecule has 1 unspecified atom stereocenters. The van der Waals surface area contributed by atoms with Crippen LogP contribution in [-0.4, -0.2) is 66.8 Å². The van der Waals surface area contributed by atoms with Crippen molar-refractivity contribution in [2.75, 3.05) is 39.8 Å². The number of hydrogen-bond donors (Lipinski definition) is 2. The molecule has 0 bridgehead atoms. The average Bonchev–Trinajstić information content (AvgIpc) is 2.59. The summed E-state index contributed by atoms with van der Waals surface area (Å²) in [6.07, 6.45) is 6.57. The Morgan fingerprint density at radius 1 is 1.23 bits per heavy atom. The first-order chi connectivity index (χ1) is 10.6. The molecular weight excluding hydrogens is 278 g/mol. The Morgan fingerprint density at radius 2 is 1.95 bits per heavy atom. The zero-order valence-electron chi connectivity index (χ0n) is 14.3. The summed E-state index contributed by atoms with van der Waals surface area (Å²) in [7, 11) is 1.92. The van der Waals surface area contributed by atoms with Crippen LogP contribution < -0.4 is 5.32 Å². The Hall–Kier alpha value is -0.810. The summed E-state index contributed by atoms with van der Waals surface area (Å²) in [6.45, 7) is 6.72. The van der Waals surface area contributed by atoms with Crippen molar-refractivity contribution in [3.63, 3.8) is 0 Å². The summed E-state index contributed by atoms with van der Waals surface area (Å²) < 4.78 is 0. The summed E-state index contributed by atoms with van der Waals surface area (Å²) in [5.41, 5.74) is 0. The Balaban J connectivity index is 1.70. The molecule has 1 heterocycles. The zero-order chi connectivity index (χ0) is 15.9. The first-order valence-corrected chi connectivity index (χ1v) is 8.97. The van der Waals surface area contributed by atoms with Crippen LogP contribution in [0.3, 0.4) is 0 Å². The van der Waals surface area contributed by atoms with Gasteiger partial charge in [-0.15, -0.1) is 0 Å². The van der Waals surface area contributed by atoms with E-state index in [1.807, 2.05) is 11.9 Å². The fraction of sp³-hybridized carbons (Fsp3) is 0.941. The van der Waals surface area contributed by atoms with Gasteiger partial charge in [0.15, 0.2) is 0 Å². The van der Waals surface area contributed by atoms with E-state index >= 15 is 0 Å². The molecule has 2 fully saturated rings. The van der Waals surface area contributed by atoms with Crippen LogP contribution in [0, 0.1) is 11.8 Å². The lowest BCUT2D eigenvalue weighted by atomic mass is 9.86. The number of carbonyl (C=O) groups is 1. The van der Waals surface area contributed by atoms with Crippen LogP contribution >= 0.6 is 0 Å². The molecule has 0 aromatic rings. The largest absolute Gasteiger partial charge is 0.396 e. The van der Waals surface area contributed by atoms with E-state index in [1.165, 1.54) is 19.4 Å². The van der Waals surface area contributed by atoms with Crippen LogP contribution in [0.15, 0.2) is 0 Å². The number of aliphatic hydroxyl groups excluding tert-OH is 1. The van der Waals surface area contributed by atoms with Crippen molar-refractivity contribution in [1.29, 1.82) is 0 Å². The van der Waals surface area contributed by atoms with Crippen LogP contribution in [0.1, 0.15) is 45.4 Å². The lowest BCUT2D eigenvalue weighted by molar-refractivity contribution is 0.131. The number of nitrogens with one attached hydrogen (secondary N) is 1. The van der Waals surface area contributed by atoms with Crippen molar-refractivity contribution in [2.45, 2.75) is 51.5 Å². The number of hydrogen-bond acceptors (Lipinski definition) is 3. The summed E-state index contributed by atoms with van der Waals surface area (Å²) >= 11 is 0. The Labute approximate surface area is 135 Å². The van der Waals surface area contributed by atoms with Crippen molar-refractivity contribution in [1.82, 2.24) is 15.1 Å². The number of carbonyl (C=O) groups excluding carboxylic acids is 1. The van der Waals surface area contributed by atoms with E-state index < -0.39 is 0 Å². The standard InChI is InChI=1S/C17H33N3O2/c1-3-20-10-4-5-15(12-20)11-18-17(22)19(2)16-8-6-14(13-21)7-9-16/h14-16,21H,3-13H2,1-2H3,(H,18,22). The average molecular weight is 311 g/mol. The van der Waals surface area contributed by atoms with Crippen molar-refractivity contribution in [3.8, 4) is 0 Å². The monoisotopic (exact) mass is 311 g/mol. The van der Waals surface area contributed by atoms with E-state index in [0.29, 0.717) is 17.9 Å². The maximum Gasteiger partial charge on any atom is 0.317 e. The number of piperidine rings is 1. The minimum atomic E-state index is 0.0704. The topological polar surface area (TPSA) is 55.8 Å². The number of rotatable bonds is 5. The molecule has 2 amide bonds. The molecule has 2 rings (SSSR count). The number of urea groups is 1. The number of amides is 2. The smallest absolute Gasteiger partial charge is 0.317 e. The molecule has 1 saturated carbocycles. The number of aliphatic hydroxyl groups is 1. The van der Waals surface area contributed by atoms with Gasteiger partial charge in [-0.2, -0.15) is 0 Å². The zero-order valence-corrected chi connectivity index (χ0v) is 14.3. The van der Waals surface area contributed by atoms with Crippen LogP contribution in [0.5, 0.6) is 0 Å². The highest BCUT2D eigenvalue weighted by atomic mass is 16.3. The Morgan fingerprint density at radius 3 is 2.59 bits per heavy atom. The van der Waals surface area contributed by atoms with Crippen LogP contribution in [0.2, 0.25) is 0 Å². The third-order valence-corrected chi connectivity index (χ3v) is 5.53. The molecule has 0 aromatic heterocycles. The maximum absolute atomic E-state index is 12.3. The van der Waals surface area contributed by atoms with Gasteiger partial charge in [0, 0.05) is 32.8 Å². The van der Waals surface area contributed by atoms with Gasteiger partial charge in [0.05, 0.1) is 0 Å². The van der Waals surface area contributed by atoms with Crippen LogP contribution in [-0.2, 0) is 0 Å². The Bertz CT molecular complexity index is 343. The van der Waals surface area contributed by atoms with Crippen LogP contribution in [0.25, 0.3) is 0 Å². The van der Waals surface area contributed by atoms with Crippen molar-refractivity contribution < 1.29 is 9.90 Å². The highest BCUT2D eigenvalue weighted by Gasteiger charge is 2.27. The summed E-state index contributed by atoms with van der Waals surface area (Å²) in [5, 5.41) is 12.3. The third kappa shape index (κ3) is 4.85. The van der Waals surface area contributed by atoms with Crippen LogP contribution in [0.4, 0.5) is 4.79 Å². The molecule has 0 radical (unpaired) electrons. The van der Waals surface area contributed by atoms with Gasteiger partial charge < -0.3 is 20.2 Å². The number of nitrogens with zero attached hydrogens (tertiary/aromatic N) is 2. The van der Waals surface area contributed by atoms with Gasteiger partial charge in [-0.25, -0.2) is 4.79 Å². The number of likely N-dealkylation sites (tertiary alicyclic amines) is 1. The molecule has 22 heavy (non-hydrogen) atoms. The summed E-state index contributed by atoms with van der Waals surface area (Å²) in [4.78, 5) is 16.7. The third-order valence-electron chi connectivity index (χ3n) is 5.53. The second-order valence-corrected chi connectivity index (χ2v) is 7.06. The van der Waals surface area contributed by atoms with Crippen molar-refractivity contribution in [2.24, 2.45) is 11.8 Å². The molecule has 1 aliphatic carbocycles. The Kier molecular flexibility index (Phi) is 6.96. The second kappa shape index (κ2) is 8.73. The van der Waals surface area contributed by atoms with E-state index in [2.05, 4.69) is 17.1 Å². The predicted octanol–water partition coefficient (Wildman–Crippen LogP) is 1.91. The lowest BCUT2D eigenvalue weighted by Crippen LogP contribution is -2.48. The van der Waals surface area contributed by atoms with Crippen molar-refractivity contribution in [3.05, 3.63) is 0 Å². The molecule has 1 saturated heterocycles. The van der Waals surface area contributed by atoms with Gasteiger partial charge in [0.25, 0.3) is 0 Å². The molecule has 5 nitrogen and oxygen atoms in total. The first-order valence-electron chi connectivity index (χ1n) is 8.97. The molecule has 2 aliphatic rings. The molecule has 128 valence electrons. The molecule has 0 aromatic carbocycles. The molecule has 1 atom stereocenters. The first kappa shape index (κ1) is 17.5. The second-order valence-electron chi connectivity index (χ2n) is 7.06. The fourth-order valence-electron chi connectivity index (χ4n) is 3.84. The van der Waals surface area contributed by atoms with Gasteiger partial charge in [-0.3, -0.25) is 0 Å². The molecular formula is C17H33N3O2. The normalized spacial score (nSPS) is 30.0. The quantitative estimate of drug-likeness (QED) is 0.815. The molecule has 2 N–H and O–H groups in total. The molecule has 5 heteroatoms. The van der Waals surface area contributed by atoms with E-state index in [0.717, 1.165) is 45.3 Å². The summed E-state index contributed by atoms with van der Waals surface area (Å²) in [6, 6.07) is 0.405. The van der Waals surface area contributed by atoms with E-state index in [9.17, 15) is 9.90 Å². The van der Waals surface area contributed by atoms with E-state index in [1.54, 1.807) is 0 Å². The van der Waals surface area contributed by atoms with Crippen molar-refractivity contribution >= 4 is 6.03 Å².